The van der Waals surface area contributed by atoms with Gasteiger partial charge in [0.25, 0.3) is 5.91 Å². The van der Waals surface area contributed by atoms with Crippen LogP contribution in [0.15, 0.2) is 46.9 Å². The van der Waals surface area contributed by atoms with E-state index in [1.165, 1.54) is 11.9 Å². The molecule has 2 aromatic rings. The van der Waals surface area contributed by atoms with Crippen LogP contribution in [0.5, 0.6) is 0 Å². The molecule has 0 spiro atoms. The number of hydrogen-bond donors (Lipinski definition) is 2. The zero-order chi connectivity index (χ0) is 20.7. The molecule has 0 atom stereocenters. The average Bonchev–Trinajstić information content (AvgIpc) is 2.65. The number of nitrogens with one attached hydrogen (secondary N) is 2. The van der Waals surface area contributed by atoms with Gasteiger partial charge in [0.2, 0.25) is 11.8 Å². The van der Waals surface area contributed by atoms with Gasteiger partial charge in [0.1, 0.15) is 0 Å². The van der Waals surface area contributed by atoms with Crippen molar-refractivity contribution in [3.05, 3.63) is 62.5 Å². The molecule has 148 valence electrons. The van der Waals surface area contributed by atoms with E-state index < -0.39 is 5.91 Å². The highest BCUT2D eigenvalue weighted by molar-refractivity contribution is 9.10. The first-order valence-corrected chi connectivity index (χ1v) is 9.84. The molecular formula is C19H18BrCl2N3O3. The number of hydrogen-bond acceptors (Lipinski definition) is 3. The van der Waals surface area contributed by atoms with Gasteiger partial charge >= 0.3 is 0 Å². The van der Waals surface area contributed by atoms with E-state index in [0.717, 1.165) is 4.47 Å². The lowest BCUT2D eigenvalue weighted by molar-refractivity contribution is -0.133. The molecule has 0 aliphatic heterocycles. The minimum atomic E-state index is -0.426. The average molecular weight is 487 g/mol. The number of carbonyl (C=O) groups excluding carboxylic acids is 3. The summed E-state index contributed by atoms with van der Waals surface area (Å²) in [5, 5.41) is 5.89. The molecule has 2 rings (SSSR count). The molecule has 9 heteroatoms. The molecule has 0 saturated carbocycles. The molecule has 0 fully saturated rings. The van der Waals surface area contributed by atoms with Crippen molar-refractivity contribution in [3.8, 4) is 0 Å². The third-order valence-electron chi connectivity index (χ3n) is 3.76. The second-order valence-corrected chi connectivity index (χ2v) is 7.64. The van der Waals surface area contributed by atoms with Crippen LogP contribution in [0, 0.1) is 0 Å². The van der Waals surface area contributed by atoms with E-state index in [2.05, 4.69) is 26.6 Å². The molecule has 6 nitrogen and oxygen atoms in total. The van der Waals surface area contributed by atoms with Crippen LogP contribution in [-0.2, 0) is 9.59 Å². The minimum Gasteiger partial charge on any atom is -0.352 e. The number of benzene rings is 2. The van der Waals surface area contributed by atoms with E-state index >= 15 is 0 Å². The van der Waals surface area contributed by atoms with Crippen molar-refractivity contribution in [3.63, 3.8) is 0 Å². The normalized spacial score (nSPS) is 10.3. The Morgan fingerprint density at radius 1 is 1.04 bits per heavy atom. The number of halogens is 3. The quantitative estimate of drug-likeness (QED) is 0.621. The van der Waals surface area contributed by atoms with Crippen LogP contribution >= 0.6 is 39.1 Å². The first kappa shape index (κ1) is 22.2. The zero-order valence-electron chi connectivity index (χ0n) is 15.0. The summed E-state index contributed by atoms with van der Waals surface area (Å²) in [7, 11) is 1.51. The molecule has 0 aliphatic rings. The fourth-order valence-electron chi connectivity index (χ4n) is 2.28. The molecule has 2 N–H and O–H groups in total. The van der Waals surface area contributed by atoms with Crippen LogP contribution < -0.4 is 10.6 Å². The SMILES string of the molecule is CN(CC(=O)Nc1c(Cl)cccc1Cl)C(=O)CCNC(=O)c1ccc(Br)cc1. The number of rotatable bonds is 7. The van der Waals surface area contributed by atoms with Gasteiger partial charge < -0.3 is 15.5 Å². The van der Waals surface area contributed by atoms with Crippen molar-refractivity contribution in [2.75, 3.05) is 25.5 Å². The number of para-hydroxylation sites is 1. The van der Waals surface area contributed by atoms with E-state index in [0.29, 0.717) is 21.3 Å². The van der Waals surface area contributed by atoms with Crippen LogP contribution in [0.1, 0.15) is 16.8 Å². The van der Waals surface area contributed by atoms with Crippen molar-refractivity contribution in [1.82, 2.24) is 10.2 Å². The molecule has 28 heavy (non-hydrogen) atoms. The third kappa shape index (κ3) is 6.51. The fraction of sp³-hybridized carbons (Fsp3) is 0.211. The lowest BCUT2D eigenvalue weighted by Gasteiger charge is -2.17. The Morgan fingerprint density at radius 2 is 1.64 bits per heavy atom. The lowest BCUT2D eigenvalue weighted by atomic mass is 10.2. The Kier molecular flexibility index (Phi) is 8.29. The standard InChI is InChI=1S/C19H18BrCl2N3O3/c1-25(11-16(26)24-18-14(21)3-2-4-15(18)22)17(27)9-10-23-19(28)12-5-7-13(20)8-6-12/h2-8H,9-11H2,1H3,(H,23,28)(H,24,26). The smallest absolute Gasteiger partial charge is 0.251 e. The summed E-state index contributed by atoms with van der Waals surface area (Å²) in [5.41, 5.74) is 0.804. The summed E-state index contributed by atoms with van der Waals surface area (Å²) in [6, 6.07) is 11.8. The zero-order valence-corrected chi connectivity index (χ0v) is 18.1. The molecule has 0 bridgehead atoms. The van der Waals surface area contributed by atoms with Gasteiger partial charge in [-0.3, -0.25) is 14.4 Å². The second-order valence-electron chi connectivity index (χ2n) is 5.91. The number of anilines is 1. The van der Waals surface area contributed by atoms with Crippen LogP contribution in [0.25, 0.3) is 0 Å². The Balaban J connectivity index is 1.78. The lowest BCUT2D eigenvalue weighted by Crippen LogP contribution is -2.37. The van der Waals surface area contributed by atoms with Crippen LogP contribution in [-0.4, -0.2) is 42.8 Å². The molecule has 0 heterocycles. The molecular weight excluding hydrogens is 469 g/mol. The van der Waals surface area contributed by atoms with Crippen LogP contribution in [0.2, 0.25) is 10.0 Å². The van der Waals surface area contributed by atoms with Gasteiger partial charge in [-0.2, -0.15) is 0 Å². The number of amides is 3. The van der Waals surface area contributed by atoms with E-state index in [-0.39, 0.29) is 31.3 Å². The monoisotopic (exact) mass is 485 g/mol. The Morgan fingerprint density at radius 3 is 2.25 bits per heavy atom. The van der Waals surface area contributed by atoms with E-state index in [1.807, 2.05) is 0 Å². The third-order valence-corrected chi connectivity index (χ3v) is 4.92. The van der Waals surface area contributed by atoms with E-state index in [1.54, 1.807) is 42.5 Å². The van der Waals surface area contributed by atoms with Gasteiger partial charge in [0.05, 0.1) is 22.3 Å². The molecule has 0 aliphatic carbocycles. The predicted molar refractivity (Wildman–Crippen MR) is 114 cm³/mol. The van der Waals surface area contributed by atoms with E-state index in [9.17, 15) is 14.4 Å². The van der Waals surface area contributed by atoms with Gasteiger partial charge in [-0.25, -0.2) is 0 Å². The molecule has 2 aromatic carbocycles. The first-order valence-electron chi connectivity index (χ1n) is 8.29. The highest BCUT2D eigenvalue weighted by Crippen LogP contribution is 2.29. The summed E-state index contributed by atoms with van der Waals surface area (Å²) in [6.45, 7) is -0.00290. The minimum absolute atomic E-state index is 0.0684. The highest BCUT2D eigenvalue weighted by atomic mass is 79.9. The van der Waals surface area contributed by atoms with Gasteiger partial charge in [0.15, 0.2) is 0 Å². The van der Waals surface area contributed by atoms with Gasteiger partial charge in [0, 0.05) is 30.0 Å². The molecule has 3 amide bonds. The molecule has 0 aromatic heterocycles. The van der Waals surface area contributed by atoms with Gasteiger partial charge in [-0.15, -0.1) is 0 Å². The highest BCUT2D eigenvalue weighted by Gasteiger charge is 2.15. The molecule has 0 unspecified atom stereocenters. The summed E-state index contributed by atoms with van der Waals surface area (Å²) in [4.78, 5) is 37.6. The maximum absolute atomic E-state index is 12.2. The largest absolute Gasteiger partial charge is 0.352 e. The predicted octanol–water partition coefficient (Wildman–Crippen LogP) is 3.97. The van der Waals surface area contributed by atoms with Gasteiger partial charge in [-0.1, -0.05) is 45.2 Å². The van der Waals surface area contributed by atoms with Crippen molar-refractivity contribution < 1.29 is 14.4 Å². The number of likely N-dealkylation sites (N-methyl/N-ethyl adjacent to an activating group) is 1. The number of nitrogens with zero attached hydrogens (tertiary/aromatic N) is 1. The number of carbonyl (C=O) groups is 3. The maximum atomic E-state index is 12.2. The van der Waals surface area contributed by atoms with Crippen molar-refractivity contribution >= 4 is 62.5 Å². The Hall–Kier alpha value is -2.09. The second kappa shape index (κ2) is 10.5. The van der Waals surface area contributed by atoms with Crippen molar-refractivity contribution in [2.24, 2.45) is 0 Å². The molecule has 0 saturated heterocycles. The van der Waals surface area contributed by atoms with Gasteiger partial charge in [-0.05, 0) is 36.4 Å². The van der Waals surface area contributed by atoms with Crippen LogP contribution in [0.3, 0.4) is 0 Å². The summed E-state index contributed by atoms with van der Waals surface area (Å²) in [5.74, 6) is -0.977. The molecule has 0 radical (unpaired) electrons. The first-order chi connectivity index (χ1) is 13.3. The summed E-state index contributed by atoms with van der Waals surface area (Å²) < 4.78 is 0.872. The Bertz CT molecular complexity index is 855. The summed E-state index contributed by atoms with van der Waals surface area (Å²) in [6.07, 6.45) is 0.0684. The van der Waals surface area contributed by atoms with Crippen molar-refractivity contribution in [2.45, 2.75) is 6.42 Å². The summed E-state index contributed by atoms with van der Waals surface area (Å²) >= 11 is 15.3. The fourth-order valence-corrected chi connectivity index (χ4v) is 3.03. The van der Waals surface area contributed by atoms with Crippen LogP contribution in [0.4, 0.5) is 5.69 Å². The van der Waals surface area contributed by atoms with E-state index in [4.69, 9.17) is 23.2 Å². The maximum Gasteiger partial charge on any atom is 0.251 e. The van der Waals surface area contributed by atoms with Crippen molar-refractivity contribution in [1.29, 1.82) is 0 Å². The topological polar surface area (TPSA) is 78.5 Å². The Labute approximate surface area is 181 Å².